The van der Waals surface area contributed by atoms with Gasteiger partial charge in [0.1, 0.15) is 11.5 Å². The SMILES string of the molecule is Cc1cc2c(O)c(C3(C)c4cc5ccccc5cc4-c4cc5ccccc5cc43)ccc2cc1O. The van der Waals surface area contributed by atoms with Gasteiger partial charge < -0.3 is 10.2 Å². The van der Waals surface area contributed by atoms with Crippen LogP contribution in [-0.4, -0.2) is 10.2 Å². The summed E-state index contributed by atoms with van der Waals surface area (Å²) in [7, 11) is 0. The second-order valence-electron chi connectivity index (χ2n) is 9.94. The molecule has 7 rings (SSSR count). The highest BCUT2D eigenvalue weighted by atomic mass is 16.3. The highest BCUT2D eigenvalue weighted by molar-refractivity contribution is 6.00. The van der Waals surface area contributed by atoms with Crippen molar-refractivity contribution in [1.29, 1.82) is 0 Å². The number of phenols is 2. The Kier molecular flexibility index (Phi) is 3.94. The summed E-state index contributed by atoms with van der Waals surface area (Å²) in [5.41, 5.74) is 5.92. The molecule has 0 radical (unpaired) electrons. The smallest absolute Gasteiger partial charge is 0.127 e. The maximum absolute atomic E-state index is 11.7. The number of rotatable bonds is 1. The number of aryl methyl sites for hydroxylation is 1. The van der Waals surface area contributed by atoms with E-state index in [9.17, 15) is 10.2 Å². The Hall–Kier alpha value is -4.30. The van der Waals surface area contributed by atoms with Crippen molar-refractivity contribution in [3.05, 3.63) is 119 Å². The molecule has 2 nitrogen and oxygen atoms in total. The van der Waals surface area contributed by atoms with Crippen LogP contribution in [0.1, 0.15) is 29.2 Å². The maximum atomic E-state index is 11.7. The zero-order valence-corrected chi connectivity index (χ0v) is 19.6. The molecule has 2 N–H and O–H groups in total. The fraction of sp³-hybridized carbons (Fsp3) is 0.0909. The van der Waals surface area contributed by atoms with Gasteiger partial charge in [0.2, 0.25) is 0 Å². The molecule has 1 aliphatic carbocycles. The van der Waals surface area contributed by atoms with Gasteiger partial charge in [0, 0.05) is 16.4 Å². The molecule has 0 aromatic heterocycles. The lowest BCUT2D eigenvalue weighted by Crippen LogP contribution is -2.22. The number of hydrogen-bond acceptors (Lipinski definition) is 2. The predicted molar refractivity (Wildman–Crippen MR) is 144 cm³/mol. The van der Waals surface area contributed by atoms with E-state index in [1.807, 2.05) is 25.1 Å². The predicted octanol–water partition coefficient (Wildman–Crippen LogP) is 8.20. The molecule has 0 amide bonds. The minimum absolute atomic E-state index is 0.241. The van der Waals surface area contributed by atoms with Crippen LogP contribution in [0.2, 0.25) is 0 Å². The van der Waals surface area contributed by atoms with Crippen LogP contribution in [0.25, 0.3) is 43.4 Å². The summed E-state index contributed by atoms with van der Waals surface area (Å²) in [6.45, 7) is 4.09. The third kappa shape index (κ3) is 2.65. The van der Waals surface area contributed by atoms with Gasteiger partial charge in [0.15, 0.2) is 0 Å². The molecule has 6 aromatic carbocycles. The van der Waals surface area contributed by atoms with Gasteiger partial charge in [0.25, 0.3) is 0 Å². The van der Waals surface area contributed by atoms with Crippen molar-refractivity contribution < 1.29 is 10.2 Å². The third-order valence-electron chi connectivity index (χ3n) is 7.99. The van der Waals surface area contributed by atoms with E-state index in [2.05, 4.69) is 79.7 Å². The molecule has 0 bridgehead atoms. The van der Waals surface area contributed by atoms with Crippen molar-refractivity contribution in [3.8, 4) is 22.6 Å². The summed E-state index contributed by atoms with van der Waals surface area (Å²) in [5, 5.41) is 28.3. The van der Waals surface area contributed by atoms with Crippen LogP contribution in [0.4, 0.5) is 0 Å². The van der Waals surface area contributed by atoms with Gasteiger partial charge in [-0.25, -0.2) is 0 Å². The van der Waals surface area contributed by atoms with Gasteiger partial charge in [-0.1, -0.05) is 60.7 Å². The molecule has 2 heteroatoms. The lowest BCUT2D eigenvalue weighted by atomic mass is 9.72. The number of fused-ring (bicyclic) bond motifs is 6. The maximum Gasteiger partial charge on any atom is 0.127 e. The highest BCUT2D eigenvalue weighted by Gasteiger charge is 2.43. The molecule has 0 spiro atoms. The zero-order valence-electron chi connectivity index (χ0n) is 19.6. The van der Waals surface area contributed by atoms with E-state index >= 15 is 0 Å². The van der Waals surface area contributed by atoms with Gasteiger partial charge in [-0.3, -0.25) is 0 Å². The van der Waals surface area contributed by atoms with Crippen molar-refractivity contribution >= 4 is 32.3 Å². The summed E-state index contributed by atoms with van der Waals surface area (Å²) in [6, 6.07) is 33.8. The quantitative estimate of drug-likeness (QED) is 0.264. The molecule has 0 atom stereocenters. The largest absolute Gasteiger partial charge is 0.508 e. The lowest BCUT2D eigenvalue weighted by molar-refractivity contribution is 0.464. The number of aromatic hydroxyl groups is 2. The normalized spacial score (nSPS) is 13.9. The second kappa shape index (κ2) is 6.86. The van der Waals surface area contributed by atoms with Crippen LogP contribution < -0.4 is 0 Å². The number of benzene rings is 6. The molecule has 0 fully saturated rings. The Balaban J connectivity index is 1.62. The van der Waals surface area contributed by atoms with E-state index in [4.69, 9.17) is 0 Å². The fourth-order valence-electron chi connectivity index (χ4n) is 6.05. The first kappa shape index (κ1) is 20.1. The highest BCUT2D eigenvalue weighted by Crippen LogP contribution is 2.56. The van der Waals surface area contributed by atoms with Gasteiger partial charge in [-0.2, -0.15) is 0 Å². The van der Waals surface area contributed by atoms with Crippen LogP contribution in [0.15, 0.2) is 97.1 Å². The first-order valence-electron chi connectivity index (χ1n) is 12.0. The van der Waals surface area contributed by atoms with Crippen molar-refractivity contribution in [2.24, 2.45) is 0 Å². The average Bonchev–Trinajstić information content (AvgIpc) is 3.10. The van der Waals surface area contributed by atoms with Crippen molar-refractivity contribution in [2.75, 3.05) is 0 Å². The standard InChI is InChI=1S/C33H24O2/c1-19-13-25-24(18-31(19)34)11-12-28(32(25)35)33(2)29-16-22-9-5-3-7-20(22)14-26(29)27-15-21-8-4-6-10-23(21)17-30(27)33/h3-18,34-35H,1-2H3. The fourth-order valence-corrected chi connectivity index (χ4v) is 6.05. The Morgan fingerprint density at radius 3 is 1.60 bits per heavy atom. The topological polar surface area (TPSA) is 40.5 Å². The van der Waals surface area contributed by atoms with Crippen LogP contribution >= 0.6 is 0 Å². The molecule has 35 heavy (non-hydrogen) atoms. The lowest BCUT2D eigenvalue weighted by Gasteiger charge is -2.30. The Morgan fingerprint density at radius 2 is 1.06 bits per heavy atom. The van der Waals surface area contributed by atoms with Gasteiger partial charge in [0.05, 0.1) is 0 Å². The van der Waals surface area contributed by atoms with E-state index in [0.717, 1.165) is 21.9 Å². The molecule has 0 saturated heterocycles. The Labute approximate surface area is 203 Å². The molecule has 168 valence electrons. The molecular formula is C33H24O2. The van der Waals surface area contributed by atoms with E-state index in [-0.39, 0.29) is 11.5 Å². The monoisotopic (exact) mass is 452 g/mol. The van der Waals surface area contributed by atoms with E-state index in [0.29, 0.717) is 0 Å². The summed E-state index contributed by atoms with van der Waals surface area (Å²) in [4.78, 5) is 0. The summed E-state index contributed by atoms with van der Waals surface area (Å²) in [6.07, 6.45) is 0. The van der Waals surface area contributed by atoms with Crippen LogP contribution in [-0.2, 0) is 5.41 Å². The zero-order chi connectivity index (χ0) is 23.9. The second-order valence-corrected chi connectivity index (χ2v) is 9.94. The Bertz CT molecular complexity index is 1760. The molecule has 1 aliphatic rings. The molecule has 0 heterocycles. The first-order chi connectivity index (χ1) is 16.9. The average molecular weight is 453 g/mol. The van der Waals surface area contributed by atoms with Gasteiger partial charge in [-0.05, 0) is 105 Å². The van der Waals surface area contributed by atoms with Gasteiger partial charge in [-0.15, -0.1) is 0 Å². The first-order valence-corrected chi connectivity index (χ1v) is 12.0. The summed E-state index contributed by atoms with van der Waals surface area (Å²) in [5.74, 6) is 0.513. The van der Waals surface area contributed by atoms with E-state index < -0.39 is 5.41 Å². The molecule has 6 aromatic rings. The van der Waals surface area contributed by atoms with Crippen LogP contribution in [0.3, 0.4) is 0 Å². The molecular weight excluding hydrogens is 428 g/mol. The Morgan fingerprint density at radius 1 is 0.543 bits per heavy atom. The van der Waals surface area contributed by atoms with E-state index in [1.165, 1.54) is 43.8 Å². The minimum Gasteiger partial charge on any atom is -0.508 e. The number of hydrogen-bond donors (Lipinski definition) is 2. The third-order valence-corrected chi connectivity index (χ3v) is 7.99. The minimum atomic E-state index is -0.539. The summed E-state index contributed by atoms with van der Waals surface area (Å²) >= 11 is 0. The van der Waals surface area contributed by atoms with Crippen LogP contribution in [0, 0.1) is 6.92 Å². The van der Waals surface area contributed by atoms with Crippen molar-refractivity contribution in [1.82, 2.24) is 0 Å². The van der Waals surface area contributed by atoms with E-state index in [1.54, 1.807) is 6.07 Å². The van der Waals surface area contributed by atoms with Crippen LogP contribution in [0.5, 0.6) is 11.5 Å². The van der Waals surface area contributed by atoms with Crippen molar-refractivity contribution in [2.45, 2.75) is 19.3 Å². The summed E-state index contributed by atoms with van der Waals surface area (Å²) < 4.78 is 0. The molecule has 0 aliphatic heterocycles. The molecule has 0 saturated carbocycles. The van der Waals surface area contributed by atoms with Crippen molar-refractivity contribution in [3.63, 3.8) is 0 Å². The number of phenolic OH excluding ortho intramolecular Hbond substituents is 2. The molecule has 0 unspecified atom stereocenters. The van der Waals surface area contributed by atoms with Gasteiger partial charge >= 0.3 is 0 Å².